The minimum absolute atomic E-state index is 0.0133. The first-order chi connectivity index (χ1) is 15.5. The standard InChI is InChI=1S/C24H28ClN3O3S/c25-20-7-6-18(14-19(20)24(31)27-17-4-2-1-3-5-17)26-22(29)8-9-23(30)28-12-10-21-16(15-28)11-13-32-21/h6-7,11,13-14,17H,1-5,8-10,12,15H2,(H,26,29)(H,27,31). The fraction of sp³-hybridized carbons (Fsp3) is 0.458. The van der Waals surface area contributed by atoms with Crippen molar-refractivity contribution in [2.45, 2.75) is 64.0 Å². The largest absolute Gasteiger partial charge is 0.349 e. The van der Waals surface area contributed by atoms with E-state index in [0.717, 1.165) is 32.1 Å². The number of halogens is 1. The van der Waals surface area contributed by atoms with Gasteiger partial charge in [0.15, 0.2) is 0 Å². The lowest BCUT2D eigenvalue weighted by Crippen LogP contribution is -2.36. The predicted octanol–water partition coefficient (Wildman–Crippen LogP) is 4.77. The van der Waals surface area contributed by atoms with Crippen LogP contribution in [-0.4, -0.2) is 35.2 Å². The molecule has 8 heteroatoms. The third-order valence-corrected chi connectivity index (χ3v) is 7.51. The van der Waals surface area contributed by atoms with Gasteiger partial charge in [0, 0.05) is 42.5 Å². The summed E-state index contributed by atoms with van der Waals surface area (Å²) in [7, 11) is 0. The van der Waals surface area contributed by atoms with Gasteiger partial charge >= 0.3 is 0 Å². The zero-order valence-electron chi connectivity index (χ0n) is 18.0. The first-order valence-corrected chi connectivity index (χ1v) is 12.5. The number of thiophene rings is 1. The van der Waals surface area contributed by atoms with Gasteiger partial charge in [-0.1, -0.05) is 30.9 Å². The average molecular weight is 474 g/mol. The highest BCUT2D eigenvalue weighted by atomic mass is 35.5. The number of nitrogens with one attached hydrogen (secondary N) is 2. The van der Waals surface area contributed by atoms with E-state index < -0.39 is 0 Å². The zero-order chi connectivity index (χ0) is 22.5. The number of fused-ring (bicyclic) bond motifs is 1. The van der Waals surface area contributed by atoms with E-state index >= 15 is 0 Å². The number of anilines is 1. The average Bonchev–Trinajstić information content (AvgIpc) is 3.27. The lowest BCUT2D eigenvalue weighted by atomic mass is 9.95. The summed E-state index contributed by atoms with van der Waals surface area (Å²) in [6, 6.07) is 7.13. The number of benzene rings is 1. The molecule has 2 aromatic rings. The summed E-state index contributed by atoms with van der Waals surface area (Å²) in [6.45, 7) is 1.32. The van der Waals surface area contributed by atoms with Gasteiger partial charge in [-0.05, 0) is 54.5 Å². The maximum absolute atomic E-state index is 12.7. The topological polar surface area (TPSA) is 78.5 Å². The van der Waals surface area contributed by atoms with Crippen molar-refractivity contribution in [3.8, 4) is 0 Å². The van der Waals surface area contributed by atoms with E-state index in [4.69, 9.17) is 11.6 Å². The Morgan fingerprint density at radius 2 is 1.91 bits per heavy atom. The summed E-state index contributed by atoms with van der Waals surface area (Å²) in [6.07, 6.45) is 6.56. The molecule has 6 nitrogen and oxygen atoms in total. The van der Waals surface area contributed by atoms with Gasteiger partial charge in [0.2, 0.25) is 11.8 Å². The minimum atomic E-state index is -0.257. The van der Waals surface area contributed by atoms with E-state index in [1.165, 1.54) is 16.9 Å². The molecule has 1 fully saturated rings. The van der Waals surface area contributed by atoms with Gasteiger partial charge in [-0.2, -0.15) is 0 Å². The molecule has 0 bridgehead atoms. The van der Waals surface area contributed by atoms with Crippen LogP contribution in [0.2, 0.25) is 5.02 Å². The monoisotopic (exact) mass is 473 g/mol. The Labute approximate surface area is 197 Å². The Kier molecular flexibility index (Phi) is 7.48. The van der Waals surface area contributed by atoms with Crippen LogP contribution in [0.15, 0.2) is 29.6 Å². The molecule has 2 aliphatic rings. The summed E-state index contributed by atoms with van der Waals surface area (Å²) in [5.74, 6) is -0.487. The van der Waals surface area contributed by atoms with Gasteiger partial charge < -0.3 is 15.5 Å². The Balaban J connectivity index is 1.29. The van der Waals surface area contributed by atoms with Crippen molar-refractivity contribution in [3.63, 3.8) is 0 Å². The van der Waals surface area contributed by atoms with Crippen molar-refractivity contribution in [2.75, 3.05) is 11.9 Å². The summed E-state index contributed by atoms with van der Waals surface area (Å²) >= 11 is 7.97. The van der Waals surface area contributed by atoms with Crippen LogP contribution in [0.25, 0.3) is 0 Å². The fourth-order valence-electron chi connectivity index (χ4n) is 4.35. The molecule has 2 heterocycles. The van der Waals surface area contributed by atoms with Crippen LogP contribution < -0.4 is 10.6 Å². The van der Waals surface area contributed by atoms with Crippen molar-refractivity contribution in [2.24, 2.45) is 0 Å². The molecule has 0 spiro atoms. The van der Waals surface area contributed by atoms with E-state index in [1.54, 1.807) is 29.5 Å². The number of nitrogens with zero attached hydrogens (tertiary/aromatic N) is 1. The van der Waals surface area contributed by atoms with Gasteiger partial charge in [0.25, 0.3) is 5.91 Å². The van der Waals surface area contributed by atoms with Crippen LogP contribution in [0, 0.1) is 0 Å². The van der Waals surface area contributed by atoms with Gasteiger partial charge in [0.1, 0.15) is 0 Å². The second-order valence-corrected chi connectivity index (χ2v) is 9.89. The summed E-state index contributed by atoms with van der Waals surface area (Å²) in [5.41, 5.74) is 2.06. The fourth-order valence-corrected chi connectivity index (χ4v) is 5.44. The molecule has 0 atom stereocenters. The molecule has 32 heavy (non-hydrogen) atoms. The molecule has 0 radical (unpaired) electrons. The van der Waals surface area contributed by atoms with E-state index in [9.17, 15) is 14.4 Å². The minimum Gasteiger partial charge on any atom is -0.349 e. The zero-order valence-corrected chi connectivity index (χ0v) is 19.6. The molecule has 4 rings (SSSR count). The smallest absolute Gasteiger partial charge is 0.253 e. The molecule has 0 saturated heterocycles. The quantitative estimate of drug-likeness (QED) is 0.634. The number of carbonyl (C=O) groups excluding carboxylic acids is 3. The van der Waals surface area contributed by atoms with Crippen molar-refractivity contribution in [1.82, 2.24) is 10.2 Å². The number of amides is 3. The second-order valence-electron chi connectivity index (χ2n) is 8.49. The Morgan fingerprint density at radius 1 is 1.09 bits per heavy atom. The van der Waals surface area contributed by atoms with E-state index in [-0.39, 0.29) is 36.6 Å². The predicted molar refractivity (Wildman–Crippen MR) is 127 cm³/mol. The molecule has 170 valence electrons. The Hall–Kier alpha value is -2.38. The van der Waals surface area contributed by atoms with E-state index in [0.29, 0.717) is 29.4 Å². The third-order valence-electron chi connectivity index (χ3n) is 6.16. The summed E-state index contributed by atoms with van der Waals surface area (Å²) < 4.78 is 0. The molecular weight excluding hydrogens is 446 g/mol. The van der Waals surface area contributed by atoms with Crippen molar-refractivity contribution in [3.05, 3.63) is 50.7 Å². The number of hydrogen-bond acceptors (Lipinski definition) is 4. The van der Waals surface area contributed by atoms with Crippen LogP contribution in [0.3, 0.4) is 0 Å². The molecule has 1 aromatic heterocycles. The lowest BCUT2D eigenvalue weighted by Gasteiger charge is -2.27. The van der Waals surface area contributed by atoms with Gasteiger partial charge in [0.05, 0.1) is 10.6 Å². The molecule has 1 aliphatic carbocycles. The van der Waals surface area contributed by atoms with E-state index in [2.05, 4.69) is 22.1 Å². The van der Waals surface area contributed by atoms with Crippen LogP contribution in [-0.2, 0) is 22.6 Å². The summed E-state index contributed by atoms with van der Waals surface area (Å²) in [4.78, 5) is 40.8. The molecule has 1 saturated carbocycles. The van der Waals surface area contributed by atoms with Crippen molar-refractivity contribution < 1.29 is 14.4 Å². The highest BCUT2D eigenvalue weighted by Crippen LogP contribution is 2.25. The molecule has 1 aromatic carbocycles. The normalized spacial score (nSPS) is 16.3. The molecule has 3 amide bonds. The van der Waals surface area contributed by atoms with Crippen LogP contribution >= 0.6 is 22.9 Å². The summed E-state index contributed by atoms with van der Waals surface area (Å²) in [5, 5.41) is 8.25. The van der Waals surface area contributed by atoms with Crippen LogP contribution in [0.1, 0.15) is 65.7 Å². The van der Waals surface area contributed by atoms with Crippen molar-refractivity contribution in [1.29, 1.82) is 0 Å². The molecule has 2 N–H and O–H groups in total. The number of carbonyl (C=O) groups is 3. The highest BCUT2D eigenvalue weighted by Gasteiger charge is 2.22. The molecule has 1 aliphatic heterocycles. The first-order valence-electron chi connectivity index (χ1n) is 11.2. The van der Waals surface area contributed by atoms with Gasteiger partial charge in [-0.3, -0.25) is 14.4 Å². The Bertz CT molecular complexity index is 1000. The van der Waals surface area contributed by atoms with Crippen LogP contribution in [0.4, 0.5) is 5.69 Å². The third kappa shape index (κ3) is 5.70. The maximum Gasteiger partial charge on any atom is 0.253 e. The highest BCUT2D eigenvalue weighted by molar-refractivity contribution is 7.10. The SMILES string of the molecule is O=C(CCC(=O)N1CCc2sccc2C1)Nc1ccc(Cl)c(C(=O)NC2CCCCC2)c1. The Morgan fingerprint density at radius 3 is 2.72 bits per heavy atom. The van der Waals surface area contributed by atoms with Gasteiger partial charge in [-0.15, -0.1) is 11.3 Å². The lowest BCUT2D eigenvalue weighted by molar-refractivity contribution is -0.133. The van der Waals surface area contributed by atoms with Gasteiger partial charge in [-0.25, -0.2) is 0 Å². The molecule has 0 unspecified atom stereocenters. The number of hydrogen-bond donors (Lipinski definition) is 2. The van der Waals surface area contributed by atoms with Crippen molar-refractivity contribution >= 4 is 46.3 Å². The van der Waals surface area contributed by atoms with E-state index in [1.807, 2.05) is 4.90 Å². The number of rotatable bonds is 6. The molecular formula is C24H28ClN3O3S. The second kappa shape index (κ2) is 10.5. The first kappa shape index (κ1) is 22.8. The van der Waals surface area contributed by atoms with Crippen LogP contribution in [0.5, 0.6) is 0 Å². The maximum atomic E-state index is 12.7.